The van der Waals surface area contributed by atoms with E-state index in [-0.39, 0.29) is 12.2 Å². The van der Waals surface area contributed by atoms with Crippen molar-refractivity contribution in [3.63, 3.8) is 0 Å². The molecule has 0 atom stereocenters. The Kier molecular flexibility index (Phi) is 6.91. The number of rotatable bonds is 5. The number of aromatic nitrogens is 1. The molecular weight excluding hydrogens is 403 g/mol. The minimum atomic E-state index is -4.41. The Labute approximate surface area is 179 Å². The van der Waals surface area contributed by atoms with Crippen LogP contribution in [0.2, 0.25) is 0 Å². The molecule has 3 aromatic rings. The van der Waals surface area contributed by atoms with E-state index in [9.17, 15) is 18.0 Å². The lowest BCUT2D eigenvalue weighted by Crippen LogP contribution is -2.28. The van der Waals surface area contributed by atoms with Crippen LogP contribution in [0.3, 0.4) is 0 Å². The van der Waals surface area contributed by atoms with E-state index in [1.165, 1.54) is 17.7 Å². The van der Waals surface area contributed by atoms with Crippen LogP contribution in [0.1, 0.15) is 37.1 Å². The van der Waals surface area contributed by atoms with Crippen LogP contribution in [0, 0.1) is 11.8 Å². The highest BCUT2D eigenvalue weighted by molar-refractivity contribution is 5.89. The van der Waals surface area contributed by atoms with Crippen molar-refractivity contribution < 1.29 is 18.0 Å². The highest BCUT2D eigenvalue weighted by Gasteiger charge is 2.29. The number of hydrogen-bond donors (Lipinski definition) is 2. The van der Waals surface area contributed by atoms with Gasteiger partial charge in [-0.25, -0.2) is 4.79 Å². The third-order valence-electron chi connectivity index (χ3n) is 4.84. The third-order valence-corrected chi connectivity index (χ3v) is 4.84. The van der Waals surface area contributed by atoms with Crippen molar-refractivity contribution in [1.29, 1.82) is 0 Å². The van der Waals surface area contributed by atoms with Crippen LogP contribution in [0.25, 0.3) is 10.9 Å². The van der Waals surface area contributed by atoms with E-state index in [0.717, 1.165) is 48.1 Å². The summed E-state index contributed by atoms with van der Waals surface area (Å²) < 4.78 is 39.9. The Morgan fingerprint density at radius 1 is 1.06 bits per heavy atom. The highest BCUT2D eigenvalue weighted by Crippen LogP contribution is 2.29. The second-order valence-corrected chi connectivity index (χ2v) is 7.10. The molecule has 31 heavy (non-hydrogen) atoms. The van der Waals surface area contributed by atoms with Gasteiger partial charge in [0.25, 0.3) is 0 Å². The largest absolute Gasteiger partial charge is 0.416 e. The van der Waals surface area contributed by atoms with Crippen LogP contribution in [0.4, 0.5) is 23.7 Å². The molecule has 3 rings (SSSR count). The number of anilines is 1. The van der Waals surface area contributed by atoms with Crippen molar-refractivity contribution in [3.8, 4) is 11.8 Å². The topological polar surface area (TPSA) is 46.1 Å². The molecule has 0 aliphatic carbocycles. The van der Waals surface area contributed by atoms with Crippen LogP contribution < -0.4 is 10.6 Å². The summed E-state index contributed by atoms with van der Waals surface area (Å²) in [5.74, 6) is 6.03. The maximum absolute atomic E-state index is 12.6. The SMILES string of the molecule is CCCc1ccc2c(c1)cc(C#CCNC(=O)Nc1ccc(C(F)(F)F)cc1)n2CC. The number of carbonyl (C=O) groups is 1. The van der Waals surface area contributed by atoms with Gasteiger partial charge in [-0.15, -0.1) is 0 Å². The third kappa shape index (κ3) is 5.60. The molecule has 0 fully saturated rings. The molecule has 7 heteroatoms. The molecule has 2 N–H and O–H groups in total. The zero-order valence-corrected chi connectivity index (χ0v) is 17.4. The smallest absolute Gasteiger partial charge is 0.334 e. The predicted molar refractivity (Wildman–Crippen MR) is 117 cm³/mol. The van der Waals surface area contributed by atoms with Crippen LogP contribution in [0.5, 0.6) is 0 Å². The number of hydrogen-bond acceptors (Lipinski definition) is 1. The summed E-state index contributed by atoms with van der Waals surface area (Å²) in [4.78, 5) is 12.0. The first kappa shape index (κ1) is 22.3. The molecule has 0 saturated heterocycles. The number of nitrogens with one attached hydrogen (secondary N) is 2. The van der Waals surface area contributed by atoms with Crippen LogP contribution in [0.15, 0.2) is 48.5 Å². The first-order chi connectivity index (χ1) is 14.8. The number of halogens is 3. The summed E-state index contributed by atoms with van der Waals surface area (Å²) in [5.41, 5.74) is 2.80. The average molecular weight is 427 g/mol. The molecule has 0 aliphatic rings. The van der Waals surface area contributed by atoms with E-state index in [1.54, 1.807) is 0 Å². The van der Waals surface area contributed by atoms with E-state index in [4.69, 9.17) is 0 Å². The Morgan fingerprint density at radius 3 is 2.45 bits per heavy atom. The van der Waals surface area contributed by atoms with Crippen LogP contribution >= 0.6 is 0 Å². The van der Waals surface area contributed by atoms with E-state index in [1.807, 2.05) is 6.07 Å². The quantitative estimate of drug-likeness (QED) is 0.496. The number of urea groups is 1. The summed E-state index contributed by atoms with van der Waals surface area (Å²) in [7, 11) is 0. The number of benzene rings is 2. The second-order valence-electron chi connectivity index (χ2n) is 7.10. The van der Waals surface area contributed by atoms with Crippen LogP contribution in [-0.2, 0) is 19.1 Å². The molecule has 0 aliphatic heterocycles. The van der Waals surface area contributed by atoms with Gasteiger partial charge in [-0.1, -0.05) is 25.3 Å². The Morgan fingerprint density at radius 2 is 1.81 bits per heavy atom. The summed E-state index contributed by atoms with van der Waals surface area (Å²) in [5, 5.41) is 6.22. The number of amides is 2. The molecule has 2 amide bonds. The first-order valence-electron chi connectivity index (χ1n) is 10.1. The van der Waals surface area contributed by atoms with Gasteiger partial charge in [-0.05, 0) is 67.3 Å². The summed E-state index contributed by atoms with van der Waals surface area (Å²) >= 11 is 0. The lowest BCUT2D eigenvalue weighted by Gasteiger charge is -2.08. The van der Waals surface area contributed by atoms with Gasteiger partial charge in [0.15, 0.2) is 0 Å². The van der Waals surface area contributed by atoms with Crippen molar-refractivity contribution in [3.05, 3.63) is 65.4 Å². The van der Waals surface area contributed by atoms with Gasteiger partial charge in [0.2, 0.25) is 0 Å². The summed E-state index contributed by atoms with van der Waals surface area (Å²) in [6.07, 6.45) is -2.28. The fourth-order valence-corrected chi connectivity index (χ4v) is 3.39. The zero-order chi connectivity index (χ0) is 22.4. The summed E-state index contributed by atoms with van der Waals surface area (Å²) in [6, 6.07) is 12.2. The number of nitrogens with zero attached hydrogens (tertiary/aromatic N) is 1. The number of fused-ring (bicyclic) bond motifs is 1. The molecule has 0 spiro atoms. The van der Waals surface area contributed by atoms with E-state index >= 15 is 0 Å². The van der Waals surface area contributed by atoms with Gasteiger partial charge in [0.05, 0.1) is 17.8 Å². The standard InChI is InChI=1S/C24H24F3N3O/c1-3-6-17-8-13-22-18(15-17)16-21(30(22)4-2)7-5-14-28-23(31)29-20-11-9-19(10-12-20)24(25,26)27/h8-13,15-16H,3-4,6,14H2,1-2H3,(H2,28,29,31). The Balaban J connectivity index is 1.61. The lowest BCUT2D eigenvalue weighted by atomic mass is 10.1. The van der Waals surface area contributed by atoms with E-state index in [2.05, 4.69) is 59.1 Å². The van der Waals surface area contributed by atoms with Gasteiger partial charge < -0.3 is 15.2 Å². The average Bonchev–Trinajstić information content (AvgIpc) is 3.07. The van der Waals surface area contributed by atoms with E-state index < -0.39 is 17.8 Å². The van der Waals surface area contributed by atoms with Crippen molar-refractivity contribution in [2.75, 3.05) is 11.9 Å². The molecule has 0 saturated carbocycles. The Hall–Kier alpha value is -3.40. The molecule has 1 aromatic heterocycles. The minimum Gasteiger partial charge on any atom is -0.334 e. The van der Waals surface area contributed by atoms with E-state index in [0.29, 0.717) is 0 Å². The first-order valence-corrected chi connectivity index (χ1v) is 10.1. The maximum atomic E-state index is 12.6. The molecule has 4 nitrogen and oxygen atoms in total. The number of aryl methyl sites for hydroxylation is 2. The minimum absolute atomic E-state index is 0.110. The molecule has 2 aromatic carbocycles. The van der Waals surface area contributed by atoms with Gasteiger partial charge >= 0.3 is 12.2 Å². The maximum Gasteiger partial charge on any atom is 0.416 e. The molecular formula is C24H24F3N3O. The zero-order valence-electron chi connectivity index (χ0n) is 17.4. The van der Waals surface area contributed by atoms with Crippen LogP contribution in [-0.4, -0.2) is 17.1 Å². The fraction of sp³-hybridized carbons (Fsp3) is 0.292. The molecule has 0 radical (unpaired) electrons. The number of carbonyl (C=O) groups excluding carboxylic acids is 1. The van der Waals surface area contributed by atoms with Gasteiger partial charge in [0, 0.05) is 23.1 Å². The second kappa shape index (κ2) is 9.61. The lowest BCUT2D eigenvalue weighted by molar-refractivity contribution is -0.137. The summed E-state index contributed by atoms with van der Waals surface area (Å²) in [6.45, 7) is 5.10. The van der Waals surface area contributed by atoms with Crippen molar-refractivity contribution in [2.45, 2.75) is 39.4 Å². The normalized spacial score (nSPS) is 11.1. The van der Waals surface area contributed by atoms with Crippen molar-refractivity contribution in [2.24, 2.45) is 0 Å². The Bertz CT molecular complexity index is 1120. The molecule has 0 bridgehead atoms. The molecule has 162 valence electrons. The van der Waals surface area contributed by atoms with Gasteiger partial charge in [0.1, 0.15) is 0 Å². The van der Waals surface area contributed by atoms with Gasteiger partial charge in [-0.2, -0.15) is 13.2 Å². The molecule has 1 heterocycles. The van der Waals surface area contributed by atoms with Crippen molar-refractivity contribution in [1.82, 2.24) is 9.88 Å². The fourth-order valence-electron chi connectivity index (χ4n) is 3.39. The monoisotopic (exact) mass is 427 g/mol. The predicted octanol–water partition coefficient (Wildman–Crippen LogP) is 5.81. The number of alkyl halides is 3. The highest BCUT2D eigenvalue weighted by atomic mass is 19.4. The van der Waals surface area contributed by atoms with Crippen molar-refractivity contribution >= 4 is 22.6 Å². The molecule has 0 unspecified atom stereocenters. The van der Waals surface area contributed by atoms with Gasteiger partial charge in [-0.3, -0.25) is 0 Å².